The third-order valence-corrected chi connectivity index (χ3v) is 4.63. The Labute approximate surface area is 188 Å². The summed E-state index contributed by atoms with van der Waals surface area (Å²) in [6, 6.07) is 9.46. The van der Waals surface area contributed by atoms with Crippen molar-refractivity contribution >= 4 is 41.8 Å². The molecule has 2 N–H and O–H groups in total. The highest BCUT2D eigenvalue weighted by molar-refractivity contribution is 14.0. The molecule has 0 bridgehead atoms. The lowest BCUT2D eigenvalue weighted by molar-refractivity contribution is 0.0956. The summed E-state index contributed by atoms with van der Waals surface area (Å²) >= 11 is 0. The summed E-state index contributed by atoms with van der Waals surface area (Å²) in [7, 11) is 1.80. The van der Waals surface area contributed by atoms with Crippen molar-refractivity contribution < 1.29 is 4.79 Å². The number of aliphatic imine (C=N–C) groups is 1. The SMILES string of the molecule is CCNC(=O)c1ccc(CNC(=NC)N2CCN(c3ncccn3)CC2)cc1.I. The van der Waals surface area contributed by atoms with Gasteiger partial charge in [0.25, 0.3) is 5.91 Å². The molecule has 0 atom stereocenters. The van der Waals surface area contributed by atoms with Crippen LogP contribution in [0.2, 0.25) is 0 Å². The molecule has 1 amide bonds. The van der Waals surface area contributed by atoms with E-state index in [4.69, 9.17) is 0 Å². The zero-order valence-corrected chi connectivity index (χ0v) is 19.2. The zero-order valence-electron chi connectivity index (χ0n) is 16.8. The van der Waals surface area contributed by atoms with Crippen LogP contribution in [-0.2, 0) is 6.54 Å². The second-order valence-corrected chi connectivity index (χ2v) is 6.48. The molecule has 1 aliphatic heterocycles. The number of aromatic nitrogens is 2. The average molecular weight is 509 g/mol. The predicted molar refractivity (Wildman–Crippen MR) is 126 cm³/mol. The minimum absolute atomic E-state index is 0. The minimum Gasteiger partial charge on any atom is -0.352 e. The number of hydrogen-bond acceptors (Lipinski definition) is 5. The van der Waals surface area contributed by atoms with Crippen LogP contribution in [-0.4, -0.2) is 66.5 Å². The lowest BCUT2D eigenvalue weighted by Gasteiger charge is -2.36. The lowest BCUT2D eigenvalue weighted by atomic mass is 10.1. The van der Waals surface area contributed by atoms with Gasteiger partial charge in [-0.1, -0.05) is 12.1 Å². The highest BCUT2D eigenvalue weighted by atomic mass is 127. The van der Waals surface area contributed by atoms with Gasteiger partial charge in [-0.3, -0.25) is 9.79 Å². The Bertz CT molecular complexity index is 790. The van der Waals surface area contributed by atoms with Gasteiger partial charge in [0.2, 0.25) is 5.95 Å². The van der Waals surface area contributed by atoms with Gasteiger partial charge >= 0.3 is 0 Å². The summed E-state index contributed by atoms with van der Waals surface area (Å²) in [6.45, 7) is 6.61. The molecule has 1 fully saturated rings. The van der Waals surface area contributed by atoms with Crippen molar-refractivity contribution in [2.75, 3.05) is 44.7 Å². The van der Waals surface area contributed by atoms with E-state index in [2.05, 4.69) is 35.4 Å². The van der Waals surface area contributed by atoms with Gasteiger partial charge in [0, 0.05) is 64.3 Å². The number of benzene rings is 1. The number of hydrogen-bond donors (Lipinski definition) is 2. The van der Waals surface area contributed by atoms with E-state index < -0.39 is 0 Å². The van der Waals surface area contributed by atoms with Gasteiger partial charge in [0.05, 0.1) is 0 Å². The second kappa shape index (κ2) is 11.5. The molecule has 1 aliphatic rings. The number of guanidine groups is 1. The Balaban J connectivity index is 0.00000300. The van der Waals surface area contributed by atoms with Gasteiger partial charge in [0.15, 0.2) is 5.96 Å². The minimum atomic E-state index is -0.0434. The molecule has 2 heterocycles. The molecule has 156 valence electrons. The molecule has 1 aromatic heterocycles. The van der Waals surface area contributed by atoms with Crippen molar-refractivity contribution in [3.05, 3.63) is 53.9 Å². The van der Waals surface area contributed by atoms with Crippen LogP contribution in [0.1, 0.15) is 22.8 Å². The monoisotopic (exact) mass is 509 g/mol. The number of nitrogens with one attached hydrogen (secondary N) is 2. The van der Waals surface area contributed by atoms with Gasteiger partial charge in [-0.15, -0.1) is 24.0 Å². The maximum Gasteiger partial charge on any atom is 0.251 e. The highest BCUT2D eigenvalue weighted by Gasteiger charge is 2.20. The topological polar surface area (TPSA) is 85.8 Å². The third-order valence-electron chi connectivity index (χ3n) is 4.63. The normalized spacial score (nSPS) is 14.2. The number of halogens is 1. The van der Waals surface area contributed by atoms with Crippen molar-refractivity contribution in [2.45, 2.75) is 13.5 Å². The maximum absolute atomic E-state index is 11.8. The van der Waals surface area contributed by atoms with E-state index in [0.29, 0.717) is 18.7 Å². The van der Waals surface area contributed by atoms with Crippen LogP contribution in [0.5, 0.6) is 0 Å². The Kier molecular flexibility index (Phi) is 9.10. The first-order chi connectivity index (χ1) is 13.7. The summed E-state index contributed by atoms with van der Waals surface area (Å²) in [5.74, 6) is 1.61. The number of nitrogens with zero attached hydrogens (tertiary/aromatic N) is 5. The number of carbonyl (C=O) groups is 1. The van der Waals surface area contributed by atoms with Crippen LogP contribution in [0, 0.1) is 0 Å². The van der Waals surface area contributed by atoms with Gasteiger partial charge in [-0.2, -0.15) is 0 Å². The summed E-state index contributed by atoms with van der Waals surface area (Å²) < 4.78 is 0. The smallest absolute Gasteiger partial charge is 0.251 e. The molecule has 0 radical (unpaired) electrons. The van der Waals surface area contributed by atoms with Crippen molar-refractivity contribution in [1.29, 1.82) is 0 Å². The standard InChI is InChI=1S/C20H27N7O.HI/c1-3-22-18(28)17-7-5-16(6-8-17)15-25-19(21-2)26-11-13-27(14-12-26)20-23-9-4-10-24-20;/h4-10H,3,11-15H2,1-2H3,(H,21,25)(H,22,28);1H. The van der Waals surface area contributed by atoms with Crippen LogP contribution in [0.25, 0.3) is 0 Å². The first-order valence-electron chi connectivity index (χ1n) is 9.56. The lowest BCUT2D eigenvalue weighted by Crippen LogP contribution is -2.52. The second-order valence-electron chi connectivity index (χ2n) is 6.48. The van der Waals surface area contributed by atoms with Crippen molar-refractivity contribution in [3.63, 3.8) is 0 Å². The molecule has 1 aromatic carbocycles. The number of rotatable bonds is 5. The van der Waals surface area contributed by atoms with Crippen LogP contribution < -0.4 is 15.5 Å². The maximum atomic E-state index is 11.8. The third kappa shape index (κ3) is 6.28. The molecule has 8 nitrogen and oxygen atoms in total. The summed E-state index contributed by atoms with van der Waals surface area (Å²) in [6.07, 6.45) is 3.54. The molecule has 29 heavy (non-hydrogen) atoms. The number of amides is 1. The Hall–Kier alpha value is -2.43. The van der Waals surface area contributed by atoms with E-state index in [1.807, 2.05) is 37.3 Å². The summed E-state index contributed by atoms with van der Waals surface area (Å²) in [4.78, 5) is 29.3. The molecule has 2 aromatic rings. The number of carbonyl (C=O) groups excluding carboxylic acids is 1. The van der Waals surface area contributed by atoms with E-state index in [1.54, 1.807) is 19.4 Å². The van der Waals surface area contributed by atoms with Gasteiger partial charge in [-0.05, 0) is 30.7 Å². The van der Waals surface area contributed by atoms with Crippen LogP contribution in [0.3, 0.4) is 0 Å². The van der Waals surface area contributed by atoms with Gasteiger partial charge in [-0.25, -0.2) is 9.97 Å². The molecular weight excluding hydrogens is 481 g/mol. The van der Waals surface area contributed by atoms with E-state index in [1.165, 1.54) is 0 Å². The Morgan fingerprint density at radius 1 is 1.07 bits per heavy atom. The van der Waals surface area contributed by atoms with Crippen LogP contribution >= 0.6 is 24.0 Å². The first kappa shape index (κ1) is 22.9. The molecule has 1 saturated heterocycles. The van der Waals surface area contributed by atoms with E-state index in [-0.39, 0.29) is 29.9 Å². The number of piperazine rings is 1. The zero-order chi connectivity index (χ0) is 19.8. The molecule has 0 spiro atoms. The molecular formula is C20H28IN7O. The molecule has 9 heteroatoms. The Morgan fingerprint density at radius 3 is 2.31 bits per heavy atom. The fourth-order valence-corrected chi connectivity index (χ4v) is 3.12. The molecule has 0 unspecified atom stereocenters. The van der Waals surface area contributed by atoms with Crippen LogP contribution in [0.15, 0.2) is 47.7 Å². The van der Waals surface area contributed by atoms with E-state index >= 15 is 0 Å². The van der Waals surface area contributed by atoms with Crippen molar-refractivity contribution in [3.8, 4) is 0 Å². The fraction of sp³-hybridized carbons (Fsp3) is 0.400. The Morgan fingerprint density at radius 2 is 1.72 bits per heavy atom. The first-order valence-corrected chi connectivity index (χ1v) is 9.56. The number of anilines is 1. The fourth-order valence-electron chi connectivity index (χ4n) is 3.12. The predicted octanol–water partition coefficient (Wildman–Crippen LogP) is 1.74. The van der Waals surface area contributed by atoms with Crippen molar-refractivity contribution in [1.82, 2.24) is 25.5 Å². The van der Waals surface area contributed by atoms with E-state index in [0.717, 1.165) is 43.7 Å². The molecule has 0 aliphatic carbocycles. The van der Waals surface area contributed by atoms with Gasteiger partial charge in [0.1, 0.15) is 0 Å². The average Bonchev–Trinajstić information content (AvgIpc) is 2.76. The van der Waals surface area contributed by atoms with E-state index in [9.17, 15) is 4.79 Å². The molecule has 3 rings (SSSR count). The quantitative estimate of drug-likeness (QED) is 0.363. The summed E-state index contributed by atoms with van der Waals surface area (Å²) in [5.41, 5.74) is 1.78. The largest absolute Gasteiger partial charge is 0.352 e. The van der Waals surface area contributed by atoms with Crippen molar-refractivity contribution in [2.24, 2.45) is 4.99 Å². The highest BCUT2D eigenvalue weighted by Crippen LogP contribution is 2.10. The summed E-state index contributed by atoms with van der Waals surface area (Å²) in [5, 5.41) is 6.22. The van der Waals surface area contributed by atoms with Crippen LogP contribution in [0.4, 0.5) is 5.95 Å². The van der Waals surface area contributed by atoms with Gasteiger partial charge < -0.3 is 20.4 Å². The molecule has 0 saturated carbocycles.